The molecule has 1 saturated heterocycles. The van der Waals surface area contributed by atoms with Gasteiger partial charge in [0.05, 0.1) is 5.56 Å². The number of imide groups is 1. The monoisotopic (exact) mass is 403 g/mol. The Labute approximate surface area is 167 Å². The fraction of sp³-hybridized carbons (Fsp3) is 0.368. The number of urea groups is 1. The van der Waals surface area contributed by atoms with Gasteiger partial charge >= 0.3 is 6.03 Å². The zero-order valence-electron chi connectivity index (χ0n) is 15.8. The third-order valence-electron chi connectivity index (χ3n) is 4.34. The first-order chi connectivity index (χ1) is 13.3. The molecule has 148 valence electrons. The number of nitrogens with zero attached hydrogens (tertiary/aromatic N) is 4. The minimum Gasteiger partial charge on any atom is -0.324 e. The van der Waals surface area contributed by atoms with Crippen LogP contribution in [-0.2, 0) is 11.3 Å². The lowest BCUT2D eigenvalue weighted by Crippen LogP contribution is -2.40. The van der Waals surface area contributed by atoms with Crippen LogP contribution in [0.25, 0.3) is 11.4 Å². The summed E-state index contributed by atoms with van der Waals surface area (Å²) in [6.07, 6.45) is 2.31. The van der Waals surface area contributed by atoms with Crippen LogP contribution in [0.15, 0.2) is 42.1 Å². The highest BCUT2D eigenvalue weighted by molar-refractivity contribution is 7.99. The van der Waals surface area contributed by atoms with Gasteiger partial charge in [0.25, 0.3) is 5.91 Å². The summed E-state index contributed by atoms with van der Waals surface area (Å²) in [4.78, 5) is 25.3. The number of carbonyl (C=O) groups excluding carboxylic acids is 2. The van der Waals surface area contributed by atoms with Gasteiger partial charge in [-0.05, 0) is 32.4 Å². The van der Waals surface area contributed by atoms with Crippen molar-refractivity contribution in [3.63, 3.8) is 0 Å². The second-order valence-electron chi connectivity index (χ2n) is 6.90. The Morgan fingerprint density at radius 1 is 1.29 bits per heavy atom. The molecule has 28 heavy (non-hydrogen) atoms. The molecule has 0 radical (unpaired) electrons. The van der Waals surface area contributed by atoms with E-state index in [1.807, 2.05) is 0 Å². The Bertz CT molecular complexity index is 911. The molecular formula is C19H22FN5O2S. The molecule has 1 aliphatic rings. The average Bonchev–Trinajstić information content (AvgIpc) is 3.12. The fourth-order valence-electron chi connectivity index (χ4n) is 2.94. The molecule has 0 bridgehead atoms. The topological polar surface area (TPSA) is 80.1 Å². The van der Waals surface area contributed by atoms with Gasteiger partial charge in [0, 0.05) is 18.8 Å². The summed E-state index contributed by atoms with van der Waals surface area (Å²) in [6, 6.07) is 6.05. The molecule has 0 aliphatic carbocycles. The van der Waals surface area contributed by atoms with Crippen molar-refractivity contribution in [1.82, 2.24) is 25.0 Å². The standard InChI is InChI=1S/C19H22FN5O2S/c1-4-10-24-15(13-8-5-6-9-14(13)20)22-23-18(24)28-12-7-11-25-16(26)19(2,3)21-17(25)27/h4-6,8-9H,1,7,10-12H2,2-3H3,(H,21,27). The zero-order chi connectivity index (χ0) is 20.3. The SMILES string of the molecule is C=CCn1c(SCCCN2C(=O)NC(C)(C)C2=O)nnc1-c1ccccc1F. The number of hydrogen-bond acceptors (Lipinski definition) is 5. The second-order valence-corrected chi connectivity index (χ2v) is 7.96. The first-order valence-corrected chi connectivity index (χ1v) is 9.89. The molecule has 0 atom stereocenters. The maximum atomic E-state index is 14.1. The molecule has 0 spiro atoms. The number of allylic oxidation sites excluding steroid dienone is 1. The number of thioether (sulfide) groups is 1. The summed E-state index contributed by atoms with van der Waals surface area (Å²) < 4.78 is 15.9. The largest absolute Gasteiger partial charge is 0.325 e. The minimum atomic E-state index is -0.858. The van der Waals surface area contributed by atoms with Gasteiger partial charge in [-0.1, -0.05) is 30.0 Å². The number of nitrogens with one attached hydrogen (secondary N) is 1. The molecule has 9 heteroatoms. The van der Waals surface area contributed by atoms with Crippen molar-refractivity contribution < 1.29 is 14.0 Å². The molecule has 2 heterocycles. The van der Waals surface area contributed by atoms with Crippen LogP contribution in [0, 0.1) is 5.82 Å². The van der Waals surface area contributed by atoms with Gasteiger partial charge in [-0.2, -0.15) is 0 Å². The molecule has 0 saturated carbocycles. The first kappa shape index (κ1) is 20.1. The summed E-state index contributed by atoms with van der Waals surface area (Å²) >= 11 is 1.44. The quantitative estimate of drug-likeness (QED) is 0.317. The van der Waals surface area contributed by atoms with E-state index in [1.165, 1.54) is 22.7 Å². The number of benzene rings is 1. The molecule has 1 aromatic carbocycles. The number of carbonyl (C=O) groups is 2. The third kappa shape index (κ3) is 3.94. The van der Waals surface area contributed by atoms with Gasteiger partial charge in [-0.3, -0.25) is 14.3 Å². The lowest BCUT2D eigenvalue weighted by Gasteiger charge is -2.15. The highest BCUT2D eigenvalue weighted by Crippen LogP contribution is 2.26. The average molecular weight is 403 g/mol. The van der Waals surface area contributed by atoms with Gasteiger partial charge in [0.1, 0.15) is 11.4 Å². The molecule has 3 amide bonds. The van der Waals surface area contributed by atoms with Crippen molar-refractivity contribution in [2.24, 2.45) is 0 Å². The molecule has 1 N–H and O–H groups in total. The van der Waals surface area contributed by atoms with E-state index in [4.69, 9.17) is 0 Å². The van der Waals surface area contributed by atoms with Crippen LogP contribution >= 0.6 is 11.8 Å². The van der Waals surface area contributed by atoms with Crippen LogP contribution in [0.5, 0.6) is 0 Å². The number of halogens is 1. The van der Waals surface area contributed by atoms with Gasteiger partial charge in [-0.15, -0.1) is 16.8 Å². The Morgan fingerprint density at radius 3 is 2.68 bits per heavy atom. The predicted molar refractivity (Wildman–Crippen MR) is 105 cm³/mol. The van der Waals surface area contributed by atoms with E-state index < -0.39 is 5.54 Å². The normalized spacial score (nSPS) is 15.8. The van der Waals surface area contributed by atoms with E-state index in [9.17, 15) is 14.0 Å². The second kappa shape index (κ2) is 8.14. The van der Waals surface area contributed by atoms with Crippen molar-refractivity contribution in [1.29, 1.82) is 0 Å². The van der Waals surface area contributed by atoms with E-state index in [1.54, 1.807) is 42.7 Å². The Kier molecular flexibility index (Phi) is 5.83. The molecular weight excluding hydrogens is 381 g/mol. The van der Waals surface area contributed by atoms with E-state index in [0.717, 1.165) is 0 Å². The van der Waals surface area contributed by atoms with Crippen molar-refractivity contribution in [2.75, 3.05) is 12.3 Å². The highest BCUT2D eigenvalue weighted by Gasteiger charge is 2.43. The molecule has 1 fully saturated rings. The maximum Gasteiger partial charge on any atom is 0.325 e. The number of aromatic nitrogens is 3. The Balaban J connectivity index is 1.65. The van der Waals surface area contributed by atoms with Crippen LogP contribution in [0.4, 0.5) is 9.18 Å². The van der Waals surface area contributed by atoms with Gasteiger partial charge < -0.3 is 5.32 Å². The smallest absolute Gasteiger partial charge is 0.324 e. The number of rotatable bonds is 8. The Hall–Kier alpha value is -2.68. The molecule has 7 nitrogen and oxygen atoms in total. The lowest BCUT2D eigenvalue weighted by molar-refractivity contribution is -0.130. The van der Waals surface area contributed by atoms with Crippen LogP contribution in [-0.4, -0.2) is 49.4 Å². The number of amides is 3. The van der Waals surface area contributed by atoms with E-state index >= 15 is 0 Å². The zero-order valence-corrected chi connectivity index (χ0v) is 16.6. The molecule has 3 rings (SSSR count). The van der Waals surface area contributed by atoms with Crippen molar-refractivity contribution in [3.05, 3.63) is 42.7 Å². The fourth-order valence-corrected chi connectivity index (χ4v) is 3.81. The molecule has 2 aromatic rings. The lowest BCUT2D eigenvalue weighted by atomic mass is 10.1. The predicted octanol–water partition coefficient (Wildman–Crippen LogP) is 3.08. The highest BCUT2D eigenvalue weighted by atomic mass is 32.2. The summed E-state index contributed by atoms with van der Waals surface area (Å²) in [5, 5.41) is 11.6. The molecule has 0 unspecified atom stereocenters. The van der Waals surface area contributed by atoms with E-state index in [2.05, 4.69) is 22.1 Å². The van der Waals surface area contributed by atoms with E-state index in [-0.39, 0.29) is 17.8 Å². The summed E-state index contributed by atoms with van der Waals surface area (Å²) in [5.41, 5.74) is -0.478. The summed E-state index contributed by atoms with van der Waals surface area (Å²) in [6.45, 7) is 7.89. The van der Waals surface area contributed by atoms with Crippen molar-refractivity contribution in [3.8, 4) is 11.4 Å². The van der Waals surface area contributed by atoms with Gasteiger partial charge in [0.15, 0.2) is 11.0 Å². The minimum absolute atomic E-state index is 0.223. The van der Waals surface area contributed by atoms with Crippen molar-refractivity contribution in [2.45, 2.75) is 37.5 Å². The maximum absolute atomic E-state index is 14.1. The molecule has 1 aliphatic heterocycles. The van der Waals surface area contributed by atoms with Crippen LogP contribution in [0.2, 0.25) is 0 Å². The summed E-state index contributed by atoms with van der Waals surface area (Å²) in [5.74, 6) is 0.484. The number of hydrogen-bond donors (Lipinski definition) is 1. The van der Waals surface area contributed by atoms with Crippen molar-refractivity contribution >= 4 is 23.7 Å². The van der Waals surface area contributed by atoms with Crippen LogP contribution in [0.1, 0.15) is 20.3 Å². The van der Waals surface area contributed by atoms with Crippen LogP contribution in [0.3, 0.4) is 0 Å². The third-order valence-corrected chi connectivity index (χ3v) is 5.40. The van der Waals surface area contributed by atoms with E-state index in [0.29, 0.717) is 41.8 Å². The van der Waals surface area contributed by atoms with Gasteiger partial charge in [-0.25, -0.2) is 9.18 Å². The first-order valence-electron chi connectivity index (χ1n) is 8.91. The molecule has 1 aromatic heterocycles. The van der Waals surface area contributed by atoms with Gasteiger partial charge in [0.2, 0.25) is 0 Å². The Morgan fingerprint density at radius 2 is 2.04 bits per heavy atom. The van der Waals surface area contributed by atoms with Crippen LogP contribution < -0.4 is 5.32 Å². The summed E-state index contributed by atoms with van der Waals surface area (Å²) in [7, 11) is 0.